The highest BCUT2D eigenvalue weighted by Gasteiger charge is 2.32. The Kier molecular flexibility index (Phi) is 3.75. The van der Waals surface area contributed by atoms with Gasteiger partial charge < -0.3 is 0 Å². The van der Waals surface area contributed by atoms with E-state index in [-0.39, 0.29) is 5.82 Å². The molecule has 0 saturated heterocycles. The highest BCUT2D eigenvalue weighted by molar-refractivity contribution is 7.89. The molecule has 0 aliphatic heterocycles. The Morgan fingerprint density at radius 3 is 2.48 bits per heavy atom. The van der Waals surface area contributed by atoms with E-state index in [0.717, 1.165) is 24.0 Å². The van der Waals surface area contributed by atoms with Gasteiger partial charge in [0.2, 0.25) is 0 Å². The summed E-state index contributed by atoms with van der Waals surface area (Å²) in [6.45, 7) is 0. The normalized spacial score (nSPS) is 18.6. The average Bonchev–Trinajstić information content (AvgIpc) is 2.92. The minimum absolute atomic E-state index is 0.0383. The molecule has 0 bridgehead atoms. The molecule has 3 rings (SSSR count). The Morgan fingerprint density at radius 2 is 1.83 bits per heavy atom. The highest BCUT2D eigenvalue weighted by Crippen LogP contribution is 2.36. The van der Waals surface area contributed by atoms with Crippen LogP contribution in [0.4, 0.5) is 0 Å². The highest BCUT2D eigenvalue weighted by atomic mass is 32.2. The van der Waals surface area contributed by atoms with Gasteiger partial charge in [-0.25, -0.2) is 18.7 Å². The molecule has 0 saturated carbocycles. The second-order valence-corrected chi connectivity index (χ2v) is 8.16. The molecule has 124 valence electrons. The zero-order valence-electron chi connectivity index (χ0n) is 12.0. The van der Waals surface area contributed by atoms with Gasteiger partial charge in [0.1, 0.15) is 0 Å². The lowest BCUT2D eigenvalue weighted by Gasteiger charge is -2.24. The summed E-state index contributed by atoms with van der Waals surface area (Å²) in [6, 6.07) is 7.52. The maximum Gasteiger partial charge on any atom is 0.319 e. The minimum Gasteiger partial charge on any atom is -0.222 e. The molecule has 1 atom stereocenters. The first kappa shape index (κ1) is 16.1. The number of benzene rings is 1. The number of nitrogens with two attached hydrogens (primary N) is 2. The van der Waals surface area contributed by atoms with Crippen LogP contribution in [0.2, 0.25) is 0 Å². The molecule has 0 radical (unpaired) electrons. The summed E-state index contributed by atoms with van der Waals surface area (Å²) in [6.07, 6.45) is 2.28. The second kappa shape index (κ2) is 5.37. The van der Waals surface area contributed by atoms with E-state index >= 15 is 0 Å². The van der Waals surface area contributed by atoms with Crippen molar-refractivity contribution in [3.63, 3.8) is 0 Å². The summed E-state index contributed by atoms with van der Waals surface area (Å²) < 4.78 is 46.9. The van der Waals surface area contributed by atoms with Crippen molar-refractivity contribution in [2.24, 2.45) is 10.3 Å². The number of nitrogens with zero attached hydrogens (tertiary/aromatic N) is 3. The SMILES string of the molecule is NS(=O)(=O)c1nc(C2CCCc3ccccc32)n(S(N)(=O)=O)n1. The quantitative estimate of drug-likeness (QED) is 0.751. The maximum atomic E-state index is 11.8. The number of rotatable bonds is 3. The molecule has 2 aromatic rings. The number of fused-ring (bicyclic) bond motifs is 1. The minimum atomic E-state index is -4.30. The van der Waals surface area contributed by atoms with Gasteiger partial charge in [0, 0.05) is 5.92 Å². The standard InChI is InChI=1S/C12H15N5O4S2/c13-22(18,19)12-15-11(17(16-12)23(14,20)21)10-7-3-5-8-4-1-2-6-9(8)10/h1-2,4,6,10H,3,5,7H2,(H2,13,18,19)(H2,14,20,21). The number of sulfonamides is 1. The number of aryl methyl sites for hydroxylation is 1. The molecule has 0 spiro atoms. The van der Waals surface area contributed by atoms with Gasteiger partial charge in [-0.1, -0.05) is 24.3 Å². The summed E-state index contributed by atoms with van der Waals surface area (Å²) in [4.78, 5) is 3.85. The van der Waals surface area contributed by atoms with Gasteiger partial charge in [-0.3, -0.25) is 0 Å². The Balaban J connectivity index is 2.23. The van der Waals surface area contributed by atoms with Crippen molar-refractivity contribution in [3.05, 3.63) is 41.2 Å². The number of hydrogen-bond donors (Lipinski definition) is 2. The first-order chi connectivity index (χ1) is 10.7. The number of aromatic nitrogens is 3. The largest absolute Gasteiger partial charge is 0.319 e. The van der Waals surface area contributed by atoms with Crippen molar-refractivity contribution in [2.75, 3.05) is 0 Å². The molecular weight excluding hydrogens is 342 g/mol. The Labute approximate surface area is 133 Å². The predicted molar refractivity (Wildman–Crippen MR) is 81.1 cm³/mol. The van der Waals surface area contributed by atoms with Crippen molar-refractivity contribution in [1.29, 1.82) is 0 Å². The molecule has 0 fully saturated rings. The Bertz CT molecular complexity index is 965. The van der Waals surface area contributed by atoms with Gasteiger partial charge in [-0.05, 0) is 30.4 Å². The van der Waals surface area contributed by atoms with E-state index in [9.17, 15) is 16.8 Å². The molecule has 11 heteroatoms. The van der Waals surface area contributed by atoms with Crippen LogP contribution >= 0.6 is 0 Å². The van der Waals surface area contributed by atoms with E-state index < -0.39 is 31.3 Å². The molecular formula is C12H15N5O4S2. The molecule has 1 aliphatic rings. The first-order valence-corrected chi connectivity index (χ1v) is 9.84. The summed E-state index contributed by atoms with van der Waals surface area (Å²) in [5.74, 6) is -0.454. The molecule has 1 aromatic heterocycles. The van der Waals surface area contributed by atoms with Crippen LogP contribution in [0, 0.1) is 0 Å². The third-order valence-electron chi connectivity index (χ3n) is 3.76. The van der Waals surface area contributed by atoms with E-state index in [2.05, 4.69) is 10.1 Å². The van der Waals surface area contributed by atoms with Gasteiger partial charge in [0.05, 0.1) is 0 Å². The van der Waals surface area contributed by atoms with Gasteiger partial charge in [0.15, 0.2) is 5.82 Å². The van der Waals surface area contributed by atoms with Crippen LogP contribution in [0.15, 0.2) is 29.4 Å². The number of primary sulfonamides is 1. The van der Waals surface area contributed by atoms with E-state index in [4.69, 9.17) is 10.3 Å². The topological polar surface area (TPSA) is 151 Å². The van der Waals surface area contributed by atoms with E-state index in [0.29, 0.717) is 10.5 Å². The second-order valence-electron chi connectivity index (χ2n) is 5.33. The van der Waals surface area contributed by atoms with Crippen LogP contribution < -0.4 is 10.3 Å². The summed E-state index contributed by atoms with van der Waals surface area (Å²) in [5.41, 5.74) is 1.95. The van der Waals surface area contributed by atoms with Crippen molar-refractivity contribution >= 4 is 20.2 Å². The van der Waals surface area contributed by atoms with Gasteiger partial charge in [-0.15, -0.1) is 9.19 Å². The zero-order chi connectivity index (χ0) is 16.8. The van der Waals surface area contributed by atoms with Gasteiger partial charge in [0.25, 0.3) is 15.2 Å². The predicted octanol–water partition coefficient (Wildman–Crippen LogP) is -0.555. The van der Waals surface area contributed by atoms with Crippen LogP contribution in [0.5, 0.6) is 0 Å². The molecule has 23 heavy (non-hydrogen) atoms. The molecule has 1 heterocycles. The molecule has 1 aromatic carbocycles. The van der Waals surface area contributed by atoms with Crippen molar-refractivity contribution in [2.45, 2.75) is 30.3 Å². The van der Waals surface area contributed by atoms with Crippen LogP contribution in [-0.4, -0.2) is 31.0 Å². The van der Waals surface area contributed by atoms with Crippen LogP contribution in [0.25, 0.3) is 0 Å². The van der Waals surface area contributed by atoms with Gasteiger partial charge >= 0.3 is 10.2 Å². The third kappa shape index (κ3) is 3.00. The van der Waals surface area contributed by atoms with Crippen LogP contribution in [0.1, 0.15) is 35.7 Å². The lowest BCUT2D eigenvalue weighted by atomic mass is 9.82. The number of hydrogen-bond acceptors (Lipinski definition) is 6. The monoisotopic (exact) mass is 357 g/mol. The lowest BCUT2D eigenvalue weighted by molar-refractivity contribution is 0.555. The fourth-order valence-electron chi connectivity index (χ4n) is 2.83. The fourth-order valence-corrected chi connectivity index (χ4v) is 3.92. The molecule has 1 unspecified atom stereocenters. The summed E-state index contributed by atoms with van der Waals surface area (Å²) in [7, 11) is -8.55. The summed E-state index contributed by atoms with van der Waals surface area (Å²) in [5, 5.41) is 12.9. The van der Waals surface area contributed by atoms with Crippen molar-refractivity contribution in [3.8, 4) is 0 Å². The smallest absolute Gasteiger partial charge is 0.222 e. The first-order valence-electron chi connectivity index (χ1n) is 6.79. The Hall–Kier alpha value is -1.82. The van der Waals surface area contributed by atoms with Crippen molar-refractivity contribution < 1.29 is 16.8 Å². The average molecular weight is 357 g/mol. The molecule has 4 N–H and O–H groups in total. The zero-order valence-corrected chi connectivity index (χ0v) is 13.6. The fraction of sp³-hybridized carbons (Fsp3) is 0.333. The summed E-state index contributed by atoms with van der Waals surface area (Å²) >= 11 is 0. The van der Waals surface area contributed by atoms with E-state index in [1.54, 1.807) is 0 Å². The maximum absolute atomic E-state index is 11.8. The molecule has 1 aliphatic carbocycles. The molecule has 0 amide bonds. The van der Waals surface area contributed by atoms with E-state index in [1.807, 2.05) is 24.3 Å². The van der Waals surface area contributed by atoms with Crippen LogP contribution in [0.3, 0.4) is 0 Å². The lowest BCUT2D eigenvalue weighted by Crippen LogP contribution is -2.27. The van der Waals surface area contributed by atoms with Gasteiger partial charge in [-0.2, -0.15) is 13.4 Å². The van der Waals surface area contributed by atoms with E-state index in [1.165, 1.54) is 0 Å². The Morgan fingerprint density at radius 1 is 1.13 bits per heavy atom. The van der Waals surface area contributed by atoms with Crippen molar-refractivity contribution in [1.82, 2.24) is 14.2 Å². The third-order valence-corrected chi connectivity index (χ3v) is 5.19. The van der Waals surface area contributed by atoms with Crippen LogP contribution in [-0.2, 0) is 26.7 Å². The molecule has 9 nitrogen and oxygen atoms in total.